The molecule has 0 spiro atoms. The minimum absolute atomic E-state index is 0.0313. The van der Waals surface area contributed by atoms with Gasteiger partial charge in [-0.3, -0.25) is 5.43 Å². The topological polar surface area (TPSA) is 118 Å². The Morgan fingerprint density at radius 2 is 2.14 bits per heavy atom. The highest BCUT2D eigenvalue weighted by Gasteiger charge is 2.16. The molecule has 108 valence electrons. The van der Waals surface area contributed by atoms with Gasteiger partial charge in [0.1, 0.15) is 23.5 Å². The second-order valence-electron chi connectivity index (χ2n) is 3.58. The molecule has 2 N–H and O–H groups in total. The Labute approximate surface area is 125 Å². The quantitative estimate of drug-likeness (QED) is 0.470. The molecule has 0 atom stereocenters. The van der Waals surface area contributed by atoms with Gasteiger partial charge >= 0.3 is 5.97 Å². The number of hydrazone groups is 1. The van der Waals surface area contributed by atoms with Crippen LogP contribution in [0.2, 0.25) is 0 Å². The first kappa shape index (κ1) is 16.3. The van der Waals surface area contributed by atoms with Crippen LogP contribution in [0.25, 0.3) is 0 Å². The van der Waals surface area contributed by atoms with Gasteiger partial charge in [0.15, 0.2) is 0 Å². The number of thioether (sulfide) groups is 1. The minimum atomic E-state index is -1.10. The summed E-state index contributed by atoms with van der Waals surface area (Å²) in [6.07, 6.45) is 0. The number of benzene rings is 1. The Bertz CT molecular complexity index is 643. The van der Waals surface area contributed by atoms with Crippen LogP contribution >= 0.6 is 11.8 Å². The van der Waals surface area contributed by atoms with E-state index in [1.54, 1.807) is 12.1 Å². The average Bonchev–Trinajstić information content (AvgIpc) is 2.49. The summed E-state index contributed by atoms with van der Waals surface area (Å²) < 4.78 is 5.03. The number of carboxylic acid groups (broad SMARTS) is 1. The van der Waals surface area contributed by atoms with Gasteiger partial charge in [0.2, 0.25) is 5.71 Å². The number of carbonyl (C=O) groups is 1. The Hall–Kier alpha value is -2.71. The van der Waals surface area contributed by atoms with E-state index in [2.05, 4.69) is 10.5 Å². The Morgan fingerprint density at radius 3 is 2.62 bits per heavy atom. The van der Waals surface area contributed by atoms with E-state index >= 15 is 0 Å². The molecule has 7 nitrogen and oxygen atoms in total. The lowest BCUT2D eigenvalue weighted by Crippen LogP contribution is -2.04. The maximum Gasteiger partial charge on any atom is 0.339 e. The van der Waals surface area contributed by atoms with Gasteiger partial charge in [-0.25, -0.2) is 4.79 Å². The van der Waals surface area contributed by atoms with Crippen molar-refractivity contribution in [1.82, 2.24) is 0 Å². The van der Waals surface area contributed by atoms with Crippen LogP contribution in [0.15, 0.2) is 22.1 Å². The number of anilines is 1. The van der Waals surface area contributed by atoms with E-state index < -0.39 is 5.97 Å². The van der Waals surface area contributed by atoms with Crippen LogP contribution in [0.1, 0.15) is 17.3 Å². The predicted octanol–water partition coefficient (Wildman–Crippen LogP) is 2.32. The molecule has 21 heavy (non-hydrogen) atoms. The third kappa shape index (κ3) is 4.13. The van der Waals surface area contributed by atoms with E-state index in [-0.39, 0.29) is 17.0 Å². The number of nitriles is 2. The summed E-state index contributed by atoms with van der Waals surface area (Å²) in [5.41, 5.74) is 2.76. The van der Waals surface area contributed by atoms with Crippen molar-refractivity contribution in [3.05, 3.63) is 17.7 Å². The Kier molecular flexibility index (Phi) is 6.05. The molecule has 1 aromatic carbocycles. The van der Waals surface area contributed by atoms with Gasteiger partial charge in [-0.1, -0.05) is 6.92 Å². The molecule has 0 radical (unpaired) electrons. The van der Waals surface area contributed by atoms with Crippen molar-refractivity contribution < 1.29 is 14.6 Å². The van der Waals surface area contributed by atoms with Crippen LogP contribution in [-0.2, 0) is 0 Å². The highest BCUT2D eigenvalue weighted by molar-refractivity contribution is 7.99. The van der Waals surface area contributed by atoms with Gasteiger partial charge in [0, 0.05) is 11.0 Å². The zero-order valence-corrected chi connectivity index (χ0v) is 12.2. The summed E-state index contributed by atoms with van der Waals surface area (Å²) in [6, 6.07) is 6.19. The molecule has 8 heteroatoms. The van der Waals surface area contributed by atoms with Gasteiger partial charge in [-0.05, 0) is 11.8 Å². The predicted molar refractivity (Wildman–Crippen MR) is 78.6 cm³/mol. The fraction of sp³-hybridized carbons (Fsp3) is 0.231. The number of ether oxygens (including phenoxy) is 1. The lowest BCUT2D eigenvalue weighted by molar-refractivity contribution is 0.0693. The summed E-state index contributed by atoms with van der Waals surface area (Å²) in [7, 11) is 1.36. The summed E-state index contributed by atoms with van der Waals surface area (Å²) in [4.78, 5) is 11.8. The molecule has 1 aromatic rings. The van der Waals surface area contributed by atoms with E-state index in [9.17, 15) is 4.79 Å². The highest BCUT2D eigenvalue weighted by atomic mass is 32.2. The lowest BCUT2D eigenvalue weighted by Gasteiger charge is -2.12. The number of methoxy groups -OCH3 is 1. The fourth-order valence-corrected chi connectivity index (χ4v) is 2.22. The number of carboxylic acids is 1. The third-order valence-electron chi connectivity index (χ3n) is 2.33. The summed E-state index contributed by atoms with van der Waals surface area (Å²) in [6.45, 7) is 1.92. The van der Waals surface area contributed by atoms with Gasteiger partial charge in [0.25, 0.3) is 0 Å². The number of hydrogen-bond acceptors (Lipinski definition) is 7. The molecule has 0 heterocycles. The molecule has 0 aromatic heterocycles. The number of rotatable bonds is 6. The monoisotopic (exact) mass is 304 g/mol. The van der Waals surface area contributed by atoms with Crippen LogP contribution in [0.5, 0.6) is 5.75 Å². The van der Waals surface area contributed by atoms with Gasteiger partial charge in [0.05, 0.1) is 12.8 Å². The van der Waals surface area contributed by atoms with Crippen LogP contribution in [0, 0.1) is 22.7 Å². The van der Waals surface area contributed by atoms with Crippen molar-refractivity contribution in [2.75, 3.05) is 18.3 Å². The van der Waals surface area contributed by atoms with Gasteiger partial charge in [-0.2, -0.15) is 15.6 Å². The van der Waals surface area contributed by atoms with Crippen molar-refractivity contribution in [3.63, 3.8) is 0 Å². The third-order valence-corrected chi connectivity index (χ3v) is 3.27. The molecule has 0 aliphatic carbocycles. The largest absolute Gasteiger partial charge is 0.496 e. The van der Waals surface area contributed by atoms with Crippen molar-refractivity contribution >= 4 is 29.1 Å². The standard InChI is InChI=1S/C13H12N4O3S/c1-3-21-12-4-9(13(18)19)11(20-2)5-10(12)17-16-8(6-14)7-15/h4-5,17H,3H2,1-2H3,(H,18,19). The first-order chi connectivity index (χ1) is 10.1. The van der Waals surface area contributed by atoms with Crippen LogP contribution in [-0.4, -0.2) is 29.7 Å². The molecule has 0 amide bonds. The molecule has 1 rings (SSSR count). The molecule has 0 unspecified atom stereocenters. The number of nitrogens with zero attached hydrogens (tertiary/aromatic N) is 3. The zero-order chi connectivity index (χ0) is 15.8. The van der Waals surface area contributed by atoms with Crippen molar-refractivity contribution in [2.24, 2.45) is 5.10 Å². The maximum absolute atomic E-state index is 11.2. The van der Waals surface area contributed by atoms with E-state index in [1.807, 2.05) is 6.92 Å². The van der Waals surface area contributed by atoms with Crippen LogP contribution in [0.4, 0.5) is 5.69 Å². The highest BCUT2D eigenvalue weighted by Crippen LogP contribution is 2.34. The molecule has 0 aliphatic rings. The second kappa shape index (κ2) is 7.78. The first-order valence-corrected chi connectivity index (χ1v) is 6.77. The Balaban J connectivity index is 3.30. The van der Waals surface area contributed by atoms with E-state index in [1.165, 1.54) is 31.0 Å². The van der Waals surface area contributed by atoms with E-state index in [0.29, 0.717) is 16.3 Å². The fourth-order valence-electron chi connectivity index (χ4n) is 1.45. The summed E-state index contributed by atoms with van der Waals surface area (Å²) in [5, 5.41) is 30.1. The SMILES string of the molecule is CCSc1cc(C(=O)O)c(OC)cc1NN=C(C#N)C#N. The molecule has 0 fully saturated rings. The second-order valence-corrected chi connectivity index (χ2v) is 4.89. The van der Waals surface area contributed by atoms with Crippen molar-refractivity contribution in [1.29, 1.82) is 10.5 Å². The van der Waals surface area contributed by atoms with Crippen LogP contribution in [0.3, 0.4) is 0 Å². The van der Waals surface area contributed by atoms with Gasteiger partial charge in [-0.15, -0.1) is 11.8 Å². The van der Waals surface area contributed by atoms with Crippen LogP contribution < -0.4 is 10.2 Å². The minimum Gasteiger partial charge on any atom is -0.496 e. The zero-order valence-electron chi connectivity index (χ0n) is 11.4. The van der Waals surface area contributed by atoms with Crippen molar-refractivity contribution in [3.8, 4) is 17.9 Å². The lowest BCUT2D eigenvalue weighted by atomic mass is 10.2. The smallest absolute Gasteiger partial charge is 0.339 e. The van der Waals surface area contributed by atoms with Gasteiger partial charge < -0.3 is 9.84 Å². The summed E-state index contributed by atoms with van der Waals surface area (Å²) >= 11 is 1.40. The number of nitrogens with one attached hydrogen (secondary N) is 1. The molecule has 0 bridgehead atoms. The normalized spacial score (nSPS) is 9.14. The Morgan fingerprint density at radius 1 is 1.48 bits per heavy atom. The molecule has 0 aliphatic heterocycles. The molecular weight excluding hydrogens is 292 g/mol. The first-order valence-electron chi connectivity index (χ1n) is 5.79. The molecule has 0 saturated carbocycles. The molecular formula is C13H12N4O3S. The number of aromatic carboxylic acids is 1. The molecule has 0 saturated heterocycles. The van der Waals surface area contributed by atoms with E-state index in [4.69, 9.17) is 20.4 Å². The maximum atomic E-state index is 11.2. The van der Waals surface area contributed by atoms with Crippen molar-refractivity contribution in [2.45, 2.75) is 11.8 Å². The average molecular weight is 304 g/mol. The number of hydrogen-bond donors (Lipinski definition) is 2. The van der Waals surface area contributed by atoms with E-state index in [0.717, 1.165) is 0 Å². The summed E-state index contributed by atoms with van der Waals surface area (Å²) in [5.74, 6) is -0.224.